The van der Waals surface area contributed by atoms with E-state index < -0.39 is 41.0 Å². The number of aliphatic hydroxyl groups is 3. The molecule has 1 aliphatic heterocycles. The summed E-state index contributed by atoms with van der Waals surface area (Å²) in [6.07, 6.45) is 7.51. The third kappa shape index (κ3) is 3.73. The lowest BCUT2D eigenvalue weighted by Gasteiger charge is -2.66. The fraction of sp³-hybridized carbons (Fsp3) is 0.844. The number of carbonyl (C=O) groups is 1. The van der Waals surface area contributed by atoms with Gasteiger partial charge >= 0.3 is 0 Å². The SMILES string of the molecule is CCOC(C)(C)[C@H](O)[C@H]1C[C@@H]([C@H]2CC=C3[C@]4(C)[C@H](O)C[C@@H]5C(C)(C)C(=O)C=C[C@]5(C)[C@H]4CC[C@]32C)C(O)O1. The topological polar surface area (TPSA) is 96.2 Å². The third-order valence-electron chi connectivity index (χ3n) is 12.3. The molecule has 0 radical (unpaired) electrons. The lowest BCUT2D eigenvalue weighted by Crippen LogP contribution is -2.63. The Morgan fingerprint density at radius 2 is 1.82 bits per heavy atom. The van der Waals surface area contributed by atoms with Gasteiger partial charge in [0, 0.05) is 23.4 Å². The van der Waals surface area contributed by atoms with Gasteiger partial charge in [-0.15, -0.1) is 0 Å². The van der Waals surface area contributed by atoms with Crippen LogP contribution < -0.4 is 0 Å². The van der Waals surface area contributed by atoms with Gasteiger partial charge in [-0.1, -0.05) is 52.3 Å². The largest absolute Gasteiger partial charge is 0.392 e. The number of ether oxygens (including phenoxy) is 2. The lowest BCUT2D eigenvalue weighted by atomic mass is 9.38. The van der Waals surface area contributed by atoms with Crippen molar-refractivity contribution in [2.24, 2.45) is 45.3 Å². The summed E-state index contributed by atoms with van der Waals surface area (Å²) in [4.78, 5) is 12.8. The van der Waals surface area contributed by atoms with Crippen LogP contribution >= 0.6 is 0 Å². The van der Waals surface area contributed by atoms with Crippen molar-refractivity contribution in [2.45, 2.75) is 118 Å². The zero-order valence-corrected chi connectivity index (χ0v) is 24.7. The summed E-state index contributed by atoms with van der Waals surface area (Å²) < 4.78 is 11.8. The van der Waals surface area contributed by atoms with Crippen molar-refractivity contribution in [1.82, 2.24) is 0 Å². The van der Waals surface area contributed by atoms with Gasteiger partial charge in [0.05, 0.1) is 17.8 Å². The average Bonchev–Trinajstić information content (AvgIpc) is 3.38. The first-order chi connectivity index (χ1) is 17.5. The molecule has 0 aromatic heterocycles. The second-order valence-corrected chi connectivity index (χ2v) is 14.8. The van der Waals surface area contributed by atoms with Crippen molar-refractivity contribution in [3.63, 3.8) is 0 Å². The van der Waals surface area contributed by atoms with E-state index in [0.717, 1.165) is 19.3 Å². The third-order valence-corrected chi connectivity index (χ3v) is 12.3. The summed E-state index contributed by atoms with van der Waals surface area (Å²) in [6.45, 7) is 17.1. The maximum atomic E-state index is 12.8. The van der Waals surface area contributed by atoms with Crippen LogP contribution in [0.25, 0.3) is 0 Å². The molecule has 0 aromatic carbocycles. The molecule has 1 unspecified atom stereocenters. The number of hydrogen-bond acceptors (Lipinski definition) is 6. The molecule has 2 saturated carbocycles. The summed E-state index contributed by atoms with van der Waals surface area (Å²) in [5.41, 5.74) is -0.648. The van der Waals surface area contributed by atoms with E-state index in [-0.39, 0.29) is 40.3 Å². The molecule has 0 bridgehead atoms. The quantitative estimate of drug-likeness (QED) is 0.442. The molecule has 5 aliphatic rings. The minimum atomic E-state index is -0.932. The van der Waals surface area contributed by atoms with Gasteiger partial charge in [0.25, 0.3) is 0 Å². The van der Waals surface area contributed by atoms with Crippen molar-refractivity contribution in [2.75, 3.05) is 6.61 Å². The molecule has 3 N–H and O–H groups in total. The average molecular weight is 531 g/mol. The molecular formula is C32H50O6. The van der Waals surface area contributed by atoms with E-state index in [0.29, 0.717) is 19.4 Å². The van der Waals surface area contributed by atoms with Gasteiger partial charge in [-0.2, -0.15) is 0 Å². The molecule has 1 saturated heterocycles. The number of hydrogen-bond donors (Lipinski definition) is 3. The highest BCUT2D eigenvalue weighted by Gasteiger charge is 2.68. The Bertz CT molecular complexity index is 1030. The number of rotatable bonds is 5. The molecule has 3 fully saturated rings. The molecule has 5 rings (SSSR count). The van der Waals surface area contributed by atoms with Crippen molar-refractivity contribution >= 4 is 5.78 Å². The first-order valence-electron chi connectivity index (χ1n) is 14.8. The summed E-state index contributed by atoms with van der Waals surface area (Å²) in [7, 11) is 0. The molecule has 38 heavy (non-hydrogen) atoms. The highest BCUT2D eigenvalue weighted by Crippen LogP contribution is 2.72. The normalized spacial score (nSPS) is 48.8. The molecule has 11 atom stereocenters. The van der Waals surface area contributed by atoms with E-state index in [1.807, 2.05) is 34.6 Å². The second kappa shape index (κ2) is 8.97. The van der Waals surface area contributed by atoms with E-state index in [4.69, 9.17) is 9.47 Å². The van der Waals surface area contributed by atoms with Gasteiger partial charge in [-0.25, -0.2) is 0 Å². The van der Waals surface area contributed by atoms with Gasteiger partial charge in [-0.05, 0) is 87.5 Å². The summed E-state index contributed by atoms with van der Waals surface area (Å²) in [5.74, 6) is 0.577. The van der Waals surface area contributed by atoms with Crippen LogP contribution in [0.15, 0.2) is 23.8 Å². The van der Waals surface area contributed by atoms with Gasteiger partial charge in [0.1, 0.15) is 6.10 Å². The number of allylic oxidation sites excluding steroid dienone is 3. The molecular weight excluding hydrogens is 480 g/mol. The predicted octanol–water partition coefficient (Wildman–Crippen LogP) is 4.81. The van der Waals surface area contributed by atoms with E-state index in [9.17, 15) is 20.1 Å². The summed E-state index contributed by atoms with van der Waals surface area (Å²) in [5, 5.41) is 34.0. The molecule has 6 nitrogen and oxygen atoms in total. The first kappa shape index (κ1) is 28.5. The van der Waals surface area contributed by atoms with Gasteiger partial charge in [0.2, 0.25) is 0 Å². The minimum absolute atomic E-state index is 0.0961. The number of carbonyl (C=O) groups excluding carboxylic acids is 1. The summed E-state index contributed by atoms with van der Waals surface area (Å²) in [6, 6.07) is 0. The fourth-order valence-corrected chi connectivity index (χ4v) is 10.1. The number of ketones is 1. The van der Waals surface area contributed by atoms with Crippen molar-refractivity contribution in [3.8, 4) is 0 Å². The number of aliphatic hydroxyl groups excluding tert-OH is 3. The van der Waals surface area contributed by atoms with E-state index in [2.05, 4.69) is 32.9 Å². The Morgan fingerprint density at radius 1 is 1.13 bits per heavy atom. The number of fused-ring (bicyclic) bond motifs is 5. The highest BCUT2D eigenvalue weighted by atomic mass is 16.6. The monoisotopic (exact) mass is 530 g/mol. The summed E-state index contributed by atoms with van der Waals surface area (Å²) >= 11 is 0. The van der Waals surface area contributed by atoms with Crippen LogP contribution in [0.1, 0.15) is 87.5 Å². The Balaban J connectivity index is 1.43. The van der Waals surface area contributed by atoms with Crippen molar-refractivity contribution in [1.29, 1.82) is 0 Å². The van der Waals surface area contributed by atoms with Crippen LogP contribution in [-0.4, -0.2) is 57.9 Å². The van der Waals surface area contributed by atoms with Gasteiger partial charge in [0.15, 0.2) is 12.1 Å². The molecule has 0 spiro atoms. The zero-order valence-electron chi connectivity index (χ0n) is 24.7. The van der Waals surface area contributed by atoms with Crippen molar-refractivity contribution in [3.05, 3.63) is 23.8 Å². The fourth-order valence-electron chi connectivity index (χ4n) is 10.1. The maximum Gasteiger partial charge on any atom is 0.161 e. The van der Waals surface area contributed by atoms with E-state index in [1.165, 1.54) is 5.57 Å². The molecule has 0 amide bonds. The Labute approximate surface area is 228 Å². The lowest BCUT2D eigenvalue weighted by molar-refractivity contribution is -0.184. The van der Waals surface area contributed by atoms with Crippen LogP contribution in [0.5, 0.6) is 0 Å². The Morgan fingerprint density at radius 3 is 2.47 bits per heavy atom. The van der Waals surface area contributed by atoms with Crippen LogP contribution in [0, 0.1) is 45.3 Å². The maximum absolute atomic E-state index is 12.8. The van der Waals surface area contributed by atoms with Crippen LogP contribution in [0.3, 0.4) is 0 Å². The minimum Gasteiger partial charge on any atom is -0.392 e. The second-order valence-electron chi connectivity index (χ2n) is 14.8. The molecule has 6 heteroatoms. The standard InChI is InChI=1S/C32H50O6/c1-9-37-29(4,5)26(35)20-16-18(27(36)38-20)19-10-11-21-30(19,6)14-12-22-31(7)15-13-24(33)28(2,3)23(31)17-25(34)32(21,22)8/h11,13,15,18-20,22-23,25-27,34-36H,9-10,12,14,16-17H2,1-8H3/t18-,19+,20+,22+,23+,25+,26+,27?,30-,31+,32-/m0/s1. The predicted molar refractivity (Wildman–Crippen MR) is 146 cm³/mol. The van der Waals surface area contributed by atoms with Crippen molar-refractivity contribution < 1.29 is 29.6 Å². The van der Waals surface area contributed by atoms with Crippen LogP contribution in [0.4, 0.5) is 0 Å². The highest BCUT2D eigenvalue weighted by molar-refractivity contribution is 5.95. The van der Waals surface area contributed by atoms with E-state index in [1.54, 1.807) is 6.08 Å². The Kier molecular flexibility index (Phi) is 6.73. The zero-order chi connectivity index (χ0) is 28.1. The van der Waals surface area contributed by atoms with E-state index >= 15 is 0 Å². The van der Waals surface area contributed by atoms with Crippen LogP contribution in [-0.2, 0) is 14.3 Å². The Hall–Kier alpha value is -1.05. The van der Waals surface area contributed by atoms with Gasteiger partial charge < -0.3 is 24.8 Å². The first-order valence-corrected chi connectivity index (χ1v) is 14.8. The molecule has 1 heterocycles. The van der Waals surface area contributed by atoms with Gasteiger partial charge in [-0.3, -0.25) is 4.79 Å². The molecule has 4 aliphatic carbocycles. The molecule has 214 valence electrons. The smallest absolute Gasteiger partial charge is 0.161 e. The van der Waals surface area contributed by atoms with Crippen LogP contribution in [0.2, 0.25) is 0 Å². The molecule has 0 aromatic rings.